The van der Waals surface area contributed by atoms with Gasteiger partial charge in [-0.1, -0.05) is 25.1 Å². The van der Waals surface area contributed by atoms with Crippen molar-refractivity contribution in [3.8, 4) is 0 Å². The second-order valence-corrected chi connectivity index (χ2v) is 9.23. The Morgan fingerprint density at radius 1 is 1.06 bits per heavy atom. The maximum absolute atomic E-state index is 13.1. The Bertz CT molecular complexity index is 882. The molecule has 1 saturated carbocycles. The molecule has 5 atom stereocenters. The third-order valence-corrected chi connectivity index (χ3v) is 7.34. The molecule has 2 aliphatic heterocycles. The lowest BCUT2D eigenvalue weighted by Gasteiger charge is -2.37. The van der Waals surface area contributed by atoms with E-state index in [1.54, 1.807) is 13.1 Å². The summed E-state index contributed by atoms with van der Waals surface area (Å²) >= 11 is 0. The van der Waals surface area contributed by atoms with Gasteiger partial charge in [-0.2, -0.15) is 0 Å². The van der Waals surface area contributed by atoms with Crippen molar-refractivity contribution in [2.45, 2.75) is 25.9 Å². The van der Waals surface area contributed by atoms with Crippen molar-refractivity contribution in [1.29, 1.82) is 0 Å². The van der Waals surface area contributed by atoms with E-state index in [-0.39, 0.29) is 54.4 Å². The predicted octanol–water partition coefficient (Wildman–Crippen LogP) is 1.33. The van der Waals surface area contributed by atoms with E-state index in [0.717, 1.165) is 38.4 Å². The number of rotatable bonds is 7. The number of allylic oxidation sites excluding steroid dienone is 2. The molecule has 0 N–H and O–H groups in total. The molecule has 0 spiro atoms. The normalized spacial score (nSPS) is 30.2. The Morgan fingerprint density at radius 2 is 1.75 bits per heavy atom. The molecule has 2 amide bonds. The van der Waals surface area contributed by atoms with E-state index in [1.807, 2.05) is 18.2 Å². The van der Waals surface area contributed by atoms with Gasteiger partial charge in [0.25, 0.3) is 0 Å². The maximum Gasteiger partial charge on any atom is 0.305 e. The Labute approximate surface area is 188 Å². The van der Waals surface area contributed by atoms with Crippen LogP contribution >= 0.6 is 0 Å². The van der Waals surface area contributed by atoms with Crippen LogP contribution in [-0.4, -0.2) is 77.9 Å². The second-order valence-electron chi connectivity index (χ2n) is 9.23. The lowest BCUT2D eigenvalue weighted by atomic mass is 9.85. The number of aromatic nitrogens is 1. The number of anilines is 1. The molecular formula is C24H30N4O4. The van der Waals surface area contributed by atoms with Crippen LogP contribution in [0.25, 0.3) is 0 Å². The number of esters is 1. The largest absolute Gasteiger partial charge is 0.459 e. The molecule has 32 heavy (non-hydrogen) atoms. The summed E-state index contributed by atoms with van der Waals surface area (Å²) < 4.78 is 5.70. The lowest BCUT2D eigenvalue weighted by Crippen LogP contribution is -2.51. The number of ether oxygens (including phenoxy) is 1. The van der Waals surface area contributed by atoms with Crippen LogP contribution < -0.4 is 4.90 Å². The van der Waals surface area contributed by atoms with Gasteiger partial charge < -0.3 is 9.64 Å². The Balaban J connectivity index is 1.22. The highest BCUT2D eigenvalue weighted by Gasteiger charge is 2.59. The molecule has 0 aromatic carbocycles. The molecule has 8 nitrogen and oxygen atoms in total. The van der Waals surface area contributed by atoms with Gasteiger partial charge in [0, 0.05) is 45.3 Å². The zero-order valence-electron chi connectivity index (χ0n) is 18.4. The van der Waals surface area contributed by atoms with Crippen LogP contribution in [-0.2, 0) is 19.1 Å². The van der Waals surface area contributed by atoms with E-state index in [2.05, 4.69) is 26.9 Å². The minimum Gasteiger partial charge on any atom is -0.459 e. The molecule has 2 aliphatic carbocycles. The monoisotopic (exact) mass is 438 g/mol. The number of pyridine rings is 1. The quantitative estimate of drug-likeness (QED) is 0.361. The highest BCUT2D eigenvalue weighted by Crippen LogP contribution is 2.52. The molecular weight excluding hydrogens is 408 g/mol. The molecule has 3 fully saturated rings. The van der Waals surface area contributed by atoms with Crippen molar-refractivity contribution < 1.29 is 19.1 Å². The highest BCUT2D eigenvalue weighted by molar-refractivity contribution is 6.06. The number of imide groups is 1. The van der Waals surface area contributed by atoms with Gasteiger partial charge in [0.15, 0.2) is 0 Å². The van der Waals surface area contributed by atoms with Gasteiger partial charge in [0.05, 0.1) is 18.4 Å². The molecule has 0 radical (unpaired) electrons. The molecule has 3 unspecified atom stereocenters. The summed E-state index contributed by atoms with van der Waals surface area (Å²) in [5.74, 6) is 0.408. The van der Waals surface area contributed by atoms with Crippen LogP contribution in [0.3, 0.4) is 0 Å². The molecule has 4 aliphatic rings. The predicted molar refractivity (Wildman–Crippen MR) is 117 cm³/mol. The smallest absolute Gasteiger partial charge is 0.305 e. The van der Waals surface area contributed by atoms with Gasteiger partial charge in [0.2, 0.25) is 11.8 Å². The molecule has 2 saturated heterocycles. The first-order chi connectivity index (χ1) is 15.5. The minimum atomic E-state index is -0.513. The van der Waals surface area contributed by atoms with Gasteiger partial charge in [-0.15, -0.1) is 0 Å². The molecule has 3 heterocycles. The molecule has 1 aromatic rings. The average Bonchev–Trinajstić information content (AvgIpc) is 3.50. The number of hydrogen-bond acceptors (Lipinski definition) is 7. The van der Waals surface area contributed by atoms with E-state index in [0.29, 0.717) is 6.54 Å². The SMILES string of the molecule is CCC(=O)OC(CN1CCN(c2ccccn2)CC1)CN1C(=O)C2C3C=C[C@@H](C3)[C@@H]2C1=O. The number of fused-ring (bicyclic) bond motifs is 5. The zero-order valence-corrected chi connectivity index (χ0v) is 18.4. The zero-order chi connectivity index (χ0) is 22.2. The van der Waals surface area contributed by atoms with Crippen LogP contribution in [0.4, 0.5) is 5.82 Å². The van der Waals surface area contributed by atoms with Crippen molar-refractivity contribution >= 4 is 23.6 Å². The van der Waals surface area contributed by atoms with Crippen molar-refractivity contribution in [1.82, 2.24) is 14.8 Å². The minimum absolute atomic E-state index is 0.0885. The molecule has 2 bridgehead atoms. The maximum atomic E-state index is 13.1. The van der Waals surface area contributed by atoms with Crippen LogP contribution in [0.5, 0.6) is 0 Å². The summed E-state index contributed by atoms with van der Waals surface area (Å²) in [6.45, 7) is 5.68. The number of carbonyl (C=O) groups excluding carboxylic acids is 3. The number of carbonyl (C=O) groups is 3. The van der Waals surface area contributed by atoms with E-state index < -0.39 is 6.10 Å². The molecule has 8 heteroatoms. The van der Waals surface area contributed by atoms with E-state index >= 15 is 0 Å². The Kier molecular flexibility index (Phi) is 5.71. The van der Waals surface area contributed by atoms with Crippen LogP contribution in [0.2, 0.25) is 0 Å². The van der Waals surface area contributed by atoms with Crippen molar-refractivity contribution in [2.75, 3.05) is 44.2 Å². The average molecular weight is 439 g/mol. The van der Waals surface area contributed by atoms with Gasteiger partial charge >= 0.3 is 5.97 Å². The third-order valence-electron chi connectivity index (χ3n) is 7.34. The number of hydrogen-bond donors (Lipinski definition) is 0. The fourth-order valence-electron chi connectivity index (χ4n) is 5.74. The molecule has 170 valence electrons. The van der Waals surface area contributed by atoms with E-state index in [4.69, 9.17) is 4.74 Å². The number of nitrogens with zero attached hydrogens (tertiary/aromatic N) is 4. The summed E-state index contributed by atoms with van der Waals surface area (Å²) in [6.07, 6.45) is 6.65. The van der Waals surface area contributed by atoms with Gasteiger partial charge in [-0.25, -0.2) is 4.98 Å². The van der Waals surface area contributed by atoms with Gasteiger partial charge in [0.1, 0.15) is 11.9 Å². The summed E-state index contributed by atoms with van der Waals surface area (Å²) in [7, 11) is 0. The molecule has 1 aromatic heterocycles. The first kappa shape index (κ1) is 21.1. The van der Waals surface area contributed by atoms with E-state index in [9.17, 15) is 14.4 Å². The molecule has 5 rings (SSSR count). The summed E-state index contributed by atoms with van der Waals surface area (Å²) in [5.41, 5.74) is 0. The topological polar surface area (TPSA) is 83.1 Å². The van der Waals surface area contributed by atoms with Crippen molar-refractivity contribution in [3.63, 3.8) is 0 Å². The summed E-state index contributed by atoms with van der Waals surface area (Å²) in [5, 5.41) is 0. The first-order valence-electron chi connectivity index (χ1n) is 11.7. The summed E-state index contributed by atoms with van der Waals surface area (Å²) in [4.78, 5) is 48.5. The van der Waals surface area contributed by atoms with E-state index in [1.165, 1.54) is 4.90 Å². The van der Waals surface area contributed by atoms with Crippen LogP contribution in [0, 0.1) is 23.7 Å². The second kappa shape index (κ2) is 8.65. The first-order valence-corrected chi connectivity index (χ1v) is 11.7. The fourth-order valence-corrected chi connectivity index (χ4v) is 5.74. The van der Waals surface area contributed by atoms with Crippen molar-refractivity contribution in [3.05, 3.63) is 36.5 Å². The van der Waals surface area contributed by atoms with Crippen molar-refractivity contribution in [2.24, 2.45) is 23.7 Å². The number of amides is 2. The highest BCUT2D eigenvalue weighted by atomic mass is 16.5. The van der Waals surface area contributed by atoms with Crippen LogP contribution in [0.15, 0.2) is 36.5 Å². The standard InChI is InChI=1S/C24H30N4O4/c1-2-20(29)32-18(14-26-9-11-27(12-10-26)19-5-3-4-8-25-19)15-28-23(30)21-16-6-7-17(13-16)22(21)24(28)31/h3-8,16-18,21-22H,2,9-15H2,1H3/t16-,17?,18?,21-,22?/m0/s1. The number of piperazine rings is 1. The Morgan fingerprint density at radius 3 is 2.34 bits per heavy atom. The van der Waals surface area contributed by atoms with Gasteiger partial charge in [-0.05, 0) is 30.4 Å². The third kappa shape index (κ3) is 3.81. The number of likely N-dealkylation sites (tertiary alicyclic amines) is 1. The van der Waals surface area contributed by atoms with Crippen LogP contribution in [0.1, 0.15) is 19.8 Å². The Hall–Kier alpha value is -2.74. The van der Waals surface area contributed by atoms with Gasteiger partial charge in [-0.3, -0.25) is 24.2 Å². The summed E-state index contributed by atoms with van der Waals surface area (Å²) in [6, 6.07) is 5.89. The fraction of sp³-hybridized carbons (Fsp3) is 0.583. The lowest BCUT2D eigenvalue weighted by molar-refractivity contribution is -0.155.